The number of hydrogen-bond acceptors (Lipinski definition) is 6. The van der Waals surface area contributed by atoms with Crippen molar-refractivity contribution in [3.8, 4) is 0 Å². The highest BCUT2D eigenvalue weighted by Crippen LogP contribution is 2.18. The predicted octanol–water partition coefficient (Wildman–Crippen LogP) is 2.84. The van der Waals surface area contributed by atoms with Gasteiger partial charge in [-0.3, -0.25) is 4.72 Å². The molecule has 0 bridgehead atoms. The molecule has 0 aliphatic heterocycles. The average molecular weight is 433 g/mol. The van der Waals surface area contributed by atoms with Crippen LogP contribution in [-0.2, 0) is 25.8 Å². The summed E-state index contributed by atoms with van der Waals surface area (Å²) in [6, 6.07) is 14.3. The van der Waals surface area contributed by atoms with E-state index in [1.54, 1.807) is 31.2 Å². The lowest BCUT2D eigenvalue weighted by molar-refractivity contribution is 0.599. The minimum Gasteiger partial charge on any atom is -0.283 e. The monoisotopic (exact) mass is 432 g/mol. The molecule has 3 aromatic rings. The molecule has 0 amide bonds. The van der Waals surface area contributed by atoms with E-state index in [4.69, 9.17) is 0 Å². The zero-order chi connectivity index (χ0) is 21.1. The van der Waals surface area contributed by atoms with Gasteiger partial charge < -0.3 is 0 Å². The van der Waals surface area contributed by atoms with E-state index < -0.39 is 20.0 Å². The Balaban J connectivity index is 1.72. The van der Waals surface area contributed by atoms with Gasteiger partial charge in [0.15, 0.2) is 0 Å². The number of sulfonamides is 2. The molecule has 3 rings (SSSR count). The maximum Gasteiger partial charge on any atom is 0.264 e. The molecule has 0 unspecified atom stereocenters. The minimum atomic E-state index is -3.90. The Kier molecular flexibility index (Phi) is 5.85. The SMILES string of the molecule is Cc1cccc(CS(=O)(=O)Nc2ccc(S(=O)(=O)Nc3nccc(C)n3)cc2)c1. The highest BCUT2D eigenvalue weighted by atomic mass is 32.2. The van der Waals surface area contributed by atoms with Crippen LogP contribution in [-0.4, -0.2) is 26.8 Å². The van der Waals surface area contributed by atoms with E-state index in [2.05, 4.69) is 19.4 Å². The molecule has 0 aliphatic rings. The Labute approximate surface area is 170 Å². The summed E-state index contributed by atoms with van der Waals surface area (Å²) in [5.74, 6) is -0.214. The van der Waals surface area contributed by atoms with Crippen LogP contribution >= 0.6 is 0 Å². The van der Waals surface area contributed by atoms with Gasteiger partial charge in [-0.15, -0.1) is 0 Å². The lowest BCUT2D eigenvalue weighted by Crippen LogP contribution is -2.16. The molecule has 0 saturated carbocycles. The third-order valence-electron chi connectivity index (χ3n) is 3.90. The Hall–Kier alpha value is -2.98. The van der Waals surface area contributed by atoms with E-state index >= 15 is 0 Å². The van der Waals surface area contributed by atoms with Crippen molar-refractivity contribution in [2.24, 2.45) is 0 Å². The van der Waals surface area contributed by atoms with Crippen molar-refractivity contribution in [3.05, 3.63) is 77.6 Å². The number of rotatable bonds is 7. The van der Waals surface area contributed by atoms with E-state index in [0.29, 0.717) is 11.3 Å². The molecule has 0 aliphatic carbocycles. The van der Waals surface area contributed by atoms with Crippen LogP contribution in [0, 0.1) is 13.8 Å². The van der Waals surface area contributed by atoms with Crippen LogP contribution in [0.15, 0.2) is 65.7 Å². The number of aromatic nitrogens is 2. The molecule has 0 saturated heterocycles. The number of hydrogen-bond donors (Lipinski definition) is 2. The summed E-state index contributed by atoms with van der Waals surface area (Å²) >= 11 is 0. The second-order valence-electron chi connectivity index (χ2n) is 6.50. The van der Waals surface area contributed by atoms with Crippen molar-refractivity contribution in [2.75, 3.05) is 9.44 Å². The first kappa shape index (κ1) is 20.7. The topological polar surface area (TPSA) is 118 Å². The fourth-order valence-corrected chi connectivity index (χ4v) is 4.75. The van der Waals surface area contributed by atoms with Gasteiger partial charge in [-0.05, 0) is 49.7 Å². The van der Waals surface area contributed by atoms with Crippen molar-refractivity contribution < 1.29 is 16.8 Å². The van der Waals surface area contributed by atoms with Crippen molar-refractivity contribution in [2.45, 2.75) is 24.5 Å². The molecule has 29 heavy (non-hydrogen) atoms. The van der Waals surface area contributed by atoms with Crippen molar-refractivity contribution >= 4 is 31.7 Å². The predicted molar refractivity (Wildman–Crippen MR) is 111 cm³/mol. The molecule has 1 heterocycles. The molecule has 152 valence electrons. The summed E-state index contributed by atoms with van der Waals surface area (Å²) in [5, 5.41) is 0. The van der Waals surface area contributed by atoms with E-state index in [-0.39, 0.29) is 22.3 Å². The van der Waals surface area contributed by atoms with Crippen molar-refractivity contribution in [1.29, 1.82) is 0 Å². The highest BCUT2D eigenvalue weighted by Gasteiger charge is 2.17. The minimum absolute atomic E-state index is 0.0343. The second kappa shape index (κ2) is 8.18. The maximum atomic E-state index is 12.5. The Morgan fingerprint density at radius 3 is 2.28 bits per heavy atom. The van der Waals surface area contributed by atoms with E-state index in [0.717, 1.165) is 5.56 Å². The molecule has 0 fully saturated rings. The smallest absolute Gasteiger partial charge is 0.264 e. The van der Waals surface area contributed by atoms with Crippen LogP contribution < -0.4 is 9.44 Å². The van der Waals surface area contributed by atoms with Gasteiger partial charge in [0.1, 0.15) is 0 Å². The average Bonchev–Trinajstić information content (AvgIpc) is 2.61. The number of anilines is 2. The Bertz CT molecular complexity index is 1230. The lowest BCUT2D eigenvalue weighted by atomic mass is 10.2. The van der Waals surface area contributed by atoms with Crippen LogP contribution in [0.4, 0.5) is 11.6 Å². The lowest BCUT2D eigenvalue weighted by Gasteiger charge is -2.10. The number of nitrogens with zero attached hydrogens (tertiary/aromatic N) is 2. The quantitative estimate of drug-likeness (QED) is 0.593. The molecule has 2 aromatic carbocycles. The van der Waals surface area contributed by atoms with Gasteiger partial charge in [0.2, 0.25) is 16.0 Å². The van der Waals surface area contributed by atoms with E-state index in [1.807, 2.05) is 13.0 Å². The number of benzene rings is 2. The summed E-state index contributed by atoms with van der Waals surface area (Å²) in [5.41, 5.74) is 2.52. The molecular formula is C19H20N4O4S2. The first-order chi connectivity index (χ1) is 13.6. The summed E-state index contributed by atoms with van der Waals surface area (Å²) in [6.45, 7) is 3.61. The summed E-state index contributed by atoms with van der Waals surface area (Å²) < 4.78 is 54.4. The summed E-state index contributed by atoms with van der Waals surface area (Å²) in [6.07, 6.45) is 1.45. The first-order valence-corrected chi connectivity index (χ1v) is 11.8. The number of nitrogens with one attached hydrogen (secondary N) is 2. The molecule has 0 radical (unpaired) electrons. The summed E-state index contributed by atoms with van der Waals surface area (Å²) in [4.78, 5) is 7.83. The molecule has 1 aromatic heterocycles. The standard InChI is InChI=1S/C19H20N4O4S2/c1-14-4-3-5-16(12-14)13-28(24,25)22-17-6-8-18(9-7-17)29(26,27)23-19-20-11-10-15(2)21-19/h3-12,22H,13H2,1-2H3,(H,20,21,23). The van der Waals surface area contributed by atoms with Gasteiger partial charge in [0.05, 0.1) is 10.6 Å². The van der Waals surface area contributed by atoms with Gasteiger partial charge in [-0.25, -0.2) is 31.5 Å². The highest BCUT2D eigenvalue weighted by molar-refractivity contribution is 7.92. The Morgan fingerprint density at radius 1 is 0.897 bits per heavy atom. The molecule has 2 N–H and O–H groups in total. The van der Waals surface area contributed by atoms with Gasteiger partial charge in [-0.2, -0.15) is 0 Å². The second-order valence-corrected chi connectivity index (χ2v) is 9.91. The molecule has 8 nitrogen and oxygen atoms in total. The third-order valence-corrected chi connectivity index (χ3v) is 6.50. The van der Waals surface area contributed by atoms with Crippen LogP contribution in [0.3, 0.4) is 0 Å². The van der Waals surface area contributed by atoms with Gasteiger partial charge in [-0.1, -0.05) is 29.8 Å². The van der Waals surface area contributed by atoms with Crippen LogP contribution in [0.25, 0.3) is 0 Å². The molecule has 0 spiro atoms. The zero-order valence-electron chi connectivity index (χ0n) is 15.8. The Morgan fingerprint density at radius 2 is 1.62 bits per heavy atom. The molecular weight excluding hydrogens is 412 g/mol. The third kappa shape index (κ3) is 5.75. The van der Waals surface area contributed by atoms with Crippen molar-refractivity contribution in [3.63, 3.8) is 0 Å². The number of aryl methyl sites for hydroxylation is 2. The molecule has 0 atom stereocenters. The summed E-state index contributed by atoms with van der Waals surface area (Å²) in [7, 11) is -7.54. The van der Waals surface area contributed by atoms with Gasteiger partial charge in [0.25, 0.3) is 10.0 Å². The maximum absolute atomic E-state index is 12.5. The van der Waals surface area contributed by atoms with E-state index in [9.17, 15) is 16.8 Å². The largest absolute Gasteiger partial charge is 0.283 e. The van der Waals surface area contributed by atoms with Crippen molar-refractivity contribution in [1.82, 2.24) is 9.97 Å². The fourth-order valence-electron chi connectivity index (χ4n) is 2.62. The van der Waals surface area contributed by atoms with Crippen LogP contribution in [0.1, 0.15) is 16.8 Å². The van der Waals surface area contributed by atoms with Gasteiger partial charge in [0, 0.05) is 17.6 Å². The molecule has 10 heteroatoms. The van der Waals surface area contributed by atoms with E-state index in [1.165, 1.54) is 30.5 Å². The first-order valence-electron chi connectivity index (χ1n) is 8.62. The van der Waals surface area contributed by atoms with Gasteiger partial charge >= 0.3 is 0 Å². The fraction of sp³-hybridized carbons (Fsp3) is 0.158. The normalized spacial score (nSPS) is 11.8. The van der Waals surface area contributed by atoms with Crippen LogP contribution in [0.2, 0.25) is 0 Å². The van der Waals surface area contributed by atoms with Crippen LogP contribution in [0.5, 0.6) is 0 Å². The zero-order valence-corrected chi connectivity index (χ0v) is 17.5.